The van der Waals surface area contributed by atoms with Crippen LogP contribution in [-0.2, 0) is 11.3 Å². The largest absolute Gasteiger partial charge is 0.480 e. The van der Waals surface area contributed by atoms with E-state index in [1.807, 2.05) is 18.5 Å². The molecule has 1 atom stereocenters. The van der Waals surface area contributed by atoms with Gasteiger partial charge in [-0.05, 0) is 19.8 Å². The van der Waals surface area contributed by atoms with E-state index in [9.17, 15) is 4.79 Å². The predicted octanol–water partition coefficient (Wildman–Crippen LogP) is 1.59. The third-order valence-electron chi connectivity index (χ3n) is 2.45. The van der Waals surface area contributed by atoms with Gasteiger partial charge in [-0.3, -0.25) is 9.48 Å². The molecule has 17 heavy (non-hydrogen) atoms. The van der Waals surface area contributed by atoms with Crippen LogP contribution in [0.5, 0.6) is 5.75 Å². The maximum absolute atomic E-state index is 11.5. The Bertz CT molecular complexity index is 349. The zero-order chi connectivity index (χ0) is 12.7. The number of carbonyl (C=O) groups excluding carboxylic acids is 1. The first kappa shape index (κ1) is 13.5. The normalized spacial score (nSPS) is 12.2. The van der Waals surface area contributed by atoms with Crippen LogP contribution in [0, 0.1) is 0 Å². The molecule has 1 aromatic rings. The molecule has 0 aliphatic rings. The van der Waals surface area contributed by atoms with Crippen LogP contribution in [0.2, 0.25) is 0 Å². The van der Waals surface area contributed by atoms with Gasteiger partial charge in [0.05, 0.1) is 12.4 Å². The lowest BCUT2D eigenvalue weighted by Gasteiger charge is -2.11. The smallest absolute Gasteiger partial charge is 0.258 e. The number of carbonyl (C=O) groups is 1. The van der Waals surface area contributed by atoms with Crippen LogP contribution in [0.1, 0.15) is 33.6 Å². The van der Waals surface area contributed by atoms with E-state index >= 15 is 0 Å². The minimum absolute atomic E-state index is 0.0438. The van der Waals surface area contributed by atoms with Gasteiger partial charge in [0.1, 0.15) is 0 Å². The highest BCUT2D eigenvalue weighted by atomic mass is 16.5. The molecule has 0 saturated heterocycles. The van der Waals surface area contributed by atoms with Crippen molar-refractivity contribution in [3.05, 3.63) is 12.4 Å². The van der Waals surface area contributed by atoms with Crippen molar-refractivity contribution in [3.8, 4) is 5.75 Å². The van der Waals surface area contributed by atoms with Crippen LogP contribution in [0.15, 0.2) is 12.4 Å². The molecule has 1 N–H and O–H groups in total. The van der Waals surface area contributed by atoms with Crippen LogP contribution < -0.4 is 10.1 Å². The van der Waals surface area contributed by atoms with E-state index in [2.05, 4.69) is 17.3 Å². The zero-order valence-corrected chi connectivity index (χ0v) is 10.8. The fraction of sp³-hybridized carbons (Fsp3) is 0.667. The quantitative estimate of drug-likeness (QED) is 0.786. The monoisotopic (exact) mass is 239 g/mol. The molecule has 1 amide bonds. The van der Waals surface area contributed by atoms with E-state index < -0.39 is 0 Å². The molecule has 5 nitrogen and oxygen atoms in total. The highest BCUT2D eigenvalue weighted by Crippen LogP contribution is 2.08. The van der Waals surface area contributed by atoms with Crippen molar-refractivity contribution < 1.29 is 9.53 Å². The molecular formula is C12H21N3O2. The molecule has 0 fully saturated rings. The van der Waals surface area contributed by atoms with Gasteiger partial charge in [0.15, 0.2) is 12.4 Å². The summed E-state index contributed by atoms with van der Waals surface area (Å²) in [6.45, 7) is 6.99. The number of ether oxygens (including phenoxy) is 1. The van der Waals surface area contributed by atoms with Gasteiger partial charge in [0.2, 0.25) is 0 Å². The van der Waals surface area contributed by atoms with E-state index in [1.54, 1.807) is 12.4 Å². The second-order valence-corrected chi connectivity index (χ2v) is 4.10. The minimum atomic E-state index is -0.0948. The number of hydrogen-bond donors (Lipinski definition) is 1. The zero-order valence-electron chi connectivity index (χ0n) is 10.8. The Morgan fingerprint density at radius 2 is 2.35 bits per heavy atom. The molecule has 0 spiro atoms. The summed E-state index contributed by atoms with van der Waals surface area (Å²) in [5, 5.41) is 6.96. The summed E-state index contributed by atoms with van der Waals surface area (Å²) in [7, 11) is 0. The third kappa shape index (κ3) is 4.89. The molecule has 0 saturated carbocycles. The van der Waals surface area contributed by atoms with Crippen molar-refractivity contribution in [1.82, 2.24) is 15.1 Å². The molecule has 1 aromatic heterocycles. The average Bonchev–Trinajstić information content (AvgIpc) is 2.74. The van der Waals surface area contributed by atoms with Crippen LogP contribution in [-0.4, -0.2) is 28.3 Å². The van der Waals surface area contributed by atoms with Crippen molar-refractivity contribution >= 4 is 5.91 Å². The van der Waals surface area contributed by atoms with Gasteiger partial charge in [0, 0.05) is 12.6 Å². The van der Waals surface area contributed by atoms with E-state index in [-0.39, 0.29) is 18.6 Å². The van der Waals surface area contributed by atoms with Crippen LogP contribution in [0.3, 0.4) is 0 Å². The molecule has 0 bridgehead atoms. The highest BCUT2D eigenvalue weighted by molar-refractivity contribution is 5.77. The lowest BCUT2D eigenvalue weighted by Crippen LogP contribution is -2.35. The van der Waals surface area contributed by atoms with Gasteiger partial charge in [0.25, 0.3) is 5.91 Å². The molecule has 1 rings (SSSR count). The fourth-order valence-corrected chi connectivity index (χ4v) is 1.34. The topological polar surface area (TPSA) is 56.1 Å². The number of nitrogens with one attached hydrogen (secondary N) is 1. The van der Waals surface area contributed by atoms with Crippen molar-refractivity contribution in [2.24, 2.45) is 0 Å². The second kappa shape index (κ2) is 6.93. The minimum Gasteiger partial charge on any atom is -0.480 e. The molecule has 96 valence electrons. The lowest BCUT2D eigenvalue weighted by atomic mass is 10.2. The summed E-state index contributed by atoms with van der Waals surface area (Å²) in [5.41, 5.74) is 0. The van der Waals surface area contributed by atoms with Gasteiger partial charge in [-0.2, -0.15) is 5.10 Å². The standard InChI is InChI=1S/C12H21N3O2/c1-4-6-15-8-11(7-13-15)17-9-12(16)14-10(3)5-2/h7-8,10H,4-6,9H2,1-3H3,(H,14,16). The molecular weight excluding hydrogens is 218 g/mol. The number of nitrogens with zero attached hydrogens (tertiary/aromatic N) is 2. The summed E-state index contributed by atoms with van der Waals surface area (Å²) >= 11 is 0. The summed E-state index contributed by atoms with van der Waals surface area (Å²) < 4.78 is 7.15. The maximum atomic E-state index is 11.5. The number of hydrogen-bond acceptors (Lipinski definition) is 3. The number of amides is 1. The summed E-state index contributed by atoms with van der Waals surface area (Å²) in [5.74, 6) is 0.542. The molecule has 0 radical (unpaired) electrons. The summed E-state index contributed by atoms with van der Waals surface area (Å²) in [6, 6.07) is 0.189. The Hall–Kier alpha value is -1.52. The van der Waals surface area contributed by atoms with Crippen molar-refractivity contribution in [3.63, 3.8) is 0 Å². The van der Waals surface area contributed by atoms with Gasteiger partial charge in [-0.1, -0.05) is 13.8 Å². The van der Waals surface area contributed by atoms with Crippen molar-refractivity contribution in [1.29, 1.82) is 0 Å². The SMILES string of the molecule is CCCn1cc(OCC(=O)NC(C)CC)cn1. The lowest BCUT2D eigenvalue weighted by molar-refractivity contribution is -0.123. The average molecular weight is 239 g/mol. The Labute approximate surface area is 102 Å². The highest BCUT2D eigenvalue weighted by Gasteiger charge is 2.07. The van der Waals surface area contributed by atoms with Crippen molar-refractivity contribution in [2.45, 2.75) is 46.2 Å². The van der Waals surface area contributed by atoms with Gasteiger partial charge < -0.3 is 10.1 Å². The van der Waals surface area contributed by atoms with E-state index in [0.717, 1.165) is 19.4 Å². The summed E-state index contributed by atoms with van der Waals surface area (Å²) in [4.78, 5) is 11.5. The van der Waals surface area contributed by atoms with E-state index in [1.165, 1.54) is 0 Å². The fourth-order valence-electron chi connectivity index (χ4n) is 1.34. The van der Waals surface area contributed by atoms with Gasteiger partial charge >= 0.3 is 0 Å². The first-order valence-corrected chi connectivity index (χ1v) is 6.10. The van der Waals surface area contributed by atoms with Crippen molar-refractivity contribution in [2.75, 3.05) is 6.61 Å². The van der Waals surface area contributed by atoms with E-state index in [4.69, 9.17) is 4.74 Å². The molecule has 0 aromatic carbocycles. The molecule has 0 aliphatic heterocycles. The number of rotatable bonds is 7. The third-order valence-corrected chi connectivity index (χ3v) is 2.45. The molecule has 1 unspecified atom stereocenters. The molecule has 0 aliphatic carbocycles. The first-order valence-electron chi connectivity index (χ1n) is 6.10. The number of aromatic nitrogens is 2. The Morgan fingerprint density at radius 3 is 3.00 bits per heavy atom. The maximum Gasteiger partial charge on any atom is 0.258 e. The van der Waals surface area contributed by atoms with Gasteiger partial charge in [-0.25, -0.2) is 0 Å². The molecule has 5 heteroatoms. The van der Waals surface area contributed by atoms with E-state index in [0.29, 0.717) is 5.75 Å². The van der Waals surface area contributed by atoms with Crippen LogP contribution in [0.25, 0.3) is 0 Å². The van der Waals surface area contributed by atoms with Crippen LogP contribution in [0.4, 0.5) is 0 Å². The summed E-state index contributed by atoms with van der Waals surface area (Å²) in [6.07, 6.45) is 5.38. The first-order chi connectivity index (χ1) is 8.15. The Morgan fingerprint density at radius 1 is 1.59 bits per heavy atom. The molecule has 1 heterocycles. The second-order valence-electron chi connectivity index (χ2n) is 4.10. The van der Waals surface area contributed by atoms with Crippen LogP contribution >= 0.6 is 0 Å². The predicted molar refractivity (Wildman–Crippen MR) is 65.9 cm³/mol. The number of aryl methyl sites for hydroxylation is 1. The van der Waals surface area contributed by atoms with Gasteiger partial charge in [-0.15, -0.1) is 0 Å². The Balaban J connectivity index is 2.31. The Kier molecular flexibility index (Phi) is 5.52.